The van der Waals surface area contributed by atoms with Gasteiger partial charge in [0.2, 0.25) is 0 Å². The average Bonchev–Trinajstić information content (AvgIpc) is 1.96. The summed E-state index contributed by atoms with van der Waals surface area (Å²) in [5.41, 5.74) is 0. The normalized spacial score (nSPS) is 10.5. The van der Waals surface area contributed by atoms with Crippen molar-refractivity contribution in [3.8, 4) is 0 Å². The van der Waals surface area contributed by atoms with Crippen LogP contribution in [0.5, 0.6) is 0 Å². The molecule has 0 saturated carbocycles. The first kappa shape index (κ1) is 11.5. The Morgan fingerprint density at radius 2 is 1.82 bits per heavy atom. The highest BCUT2D eigenvalue weighted by Gasteiger charge is 1.96. The molecule has 0 heterocycles. The third kappa shape index (κ3) is 10.5. The highest BCUT2D eigenvalue weighted by atomic mass is 27.1. The van der Waals surface area contributed by atoms with Crippen LogP contribution in [0.25, 0.3) is 0 Å². The minimum Gasteiger partial charge on any atom is -0.104 e. The van der Waals surface area contributed by atoms with E-state index in [1.165, 1.54) is 36.2 Å². The Kier molecular flexibility index (Phi) is 9.05. The lowest BCUT2D eigenvalue weighted by atomic mass is 10.2. The highest BCUT2D eigenvalue weighted by Crippen LogP contribution is 2.06. The van der Waals surface area contributed by atoms with Crippen LogP contribution in [-0.2, 0) is 0 Å². The van der Waals surface area contributed by atoms with Crippen LogP contribution in [0.3, 0.4) is 0 Å². The molecule has 0 fully saturated rings. The van der Waals surface area contributed by atoms with E-state index in [-0.39, 0.29) is 0 Å². The fourth-order valence-electron chi connectivity index (χ4n) is 1.17. The van der Waals surface area contributed by atoms with Gasteiger partial charge in [-0.3, -0.25) is 0 Å². The first-order valence-electron chi connectivity index (χ1n) is 5.09. The van der Waals surface area contributed by atoms with Crippen molar-refractivity contribution < 1.29 is 0 Å². The lowest BCUT2D eigenvalue weighted by Crippen LogP contribution is -1.95. The lowest BCUT2D eigenvalue weighted by Gasteiger charge is -2.01. The van der Waals surface area contributed by atoms with Crippen molar-refractivity contribution >= 4 is 15.2 Å². The molecular formula is C10H22Al. The van der Waals surface area contributed by atoms with E-state index in [4.69, 9.17) is 0 Å². The Morgan fingerprint density at radius 3 is 2.36 bits per heavy atom. The smallest absolute Gasteiger partial charge is 0.104 e. The van der Waals surface area contributed by atoms with E-state index in [1.807, 2.05) is 0 Å². The maximum absolute atomic E-state index is 2.33. The molecule has 0 unspecified atom stereocenters. The second-order valence-corrected chi connectivity index (χ2v) is 5.39. The van der Waals surface area contributed by atoms with Crippen LogP contribution in [0.15, 0.2) is 0 Å². The molecule has 11 heavy (non-hydrogen) atoms. The molecule has 0 N–H and O–H groups in total. The summed E-state index contributed by atoms with van der Waals surface area (Å²) in [6, 6.07) is 0. The number of hydrogen-bond donors (Lipinski definition) is 0. The van der Waals surface area contributed by atoms with Crippen molar-refractivity contribution in [3.05, 3.63) is 0 Å². The standard InChI is InChI=1S/C6H13.C4H9.Al/c1-3-5-6-4-2;1-4(2)3;/h1,3-6H2,2H3;4H,1H2,2-3H3;. The molecule has 0 bridgehead atoms. The first-order chi connectivity index (χ1) is 5.27. The molecule has 0 aromatic carbocycles. The summed E-state index contributed by atoms with van der Waals surface area (Å²) < 4.78 is 0. The minimum atomic E-state index is 0.780. The van der Waals surface area contributed by atoms with Gasteiger partial charge in [0.05, 0.1) is 0 Å². The van der Waals surface area contributed by atoms with Gasteiger partial charge in [0.25, 0.3) is 0 Å². The van der Waals surface area contributed by atoms with E-state index in [9.17, 15) is 0 Å². The van der Waals surface area contributed by atoms with Gasteiger partial charge in [-0.05, 0) is 0 Å². The monoisotopic (exact) mass is 169 g/mol. The lowest BCUT2D eigenvalue weighted by molar-refractivity contribution is 0.692. The summed E-state index contributed by atoms with van der Waals surface area (Å²) in [7, 11) is 0. The summed E-state index contributed by atoms with van der Waals surface area (Å²) in [5.74, 6) is 0.941. The van der Waals surface area contributed by atoms with E-state index in [0.29, 0.717) is 0 Å². The SMILES string of the molecule is CCCCC[CH2][Al][CH2]C(C)C. The summed E-state index contributed by atoms with van der Waals surface area (Å²) in [6.07, 6.45) is 5.79. The quantitative estimate of drug-likeness (QED) is 0.402. The predicted octanol–water partition coefficient (Wildman–Crippen LogP) is 3.76. The second kappa shape index (κ2) is 8.63. The van der Waals surface area contributed by atoms with Crippen LogP contribution in [-0.4, -0.2) is 15.2 Å². The predicted molar refractivity (Wildman–Crippen MR) is 54.3 cm³/mol. The molecule has 0 aliphatic heterocycles. The van der Waals surface area contributed by atoms with Gasteiger partial charge in [0, 0.05) is 0 Å². The zero-order chi connectivity index (χ0) is 8.53. The van der Waals surface area contributed by atoms with E-state index in [2.05, 4.69) is 20.8 Å². The van der Waals surface area contributed by atoms with Crippen molar-refractivity contribution in [2.45, 2.75) is 57.0 Å². The van der Waals surface area contributed by atoms with E-state index in [1.54, 1.807) is 0 Å². The summed E-state index contributed by atoms with van der Waals surface area (Å²) in [6.45, 7) is 6.94. The van der Waals surface area contributed by atoms with Gasteiger partial charge in [-0.25, -0.2) is 0 Å². The highest BCUT2D eigenvalue weighted by molar-refractivity contribution is 6.35. The van der Waals surface area contributed by atoms with Crippen LogP contribution in [0.4, 0.5) is 0 Å². The Morgan fingerprint density at radius 1 is 1.09 bits per heavy atom. The minimum absolute atomic E-state index is 0.780. The Bertz CT molecular complexity index is 69.3. The van der Waals surface area contributed by atoms with Gasteiger partial charge in [-0.15, -0.1) is 10.6 Å². The van der Waals surface area contributed by atoms with Crippen molar-refractivity contribution in [3.63, 3.8) is 0 Å². The number of hydrogen-bond acceptors (Lipinski definition) is 0. The molecule has 0 saturated heterocycles. The largest absolute Gasteiger partial charge is 0.200 e. The van der Waals surface area contributed by atoms with Gasteiger partial charge in [-0.2, -0.15) is 0 Å². The molecule has 0 aliphatic carbocycles. The molecule has 65 valence electrons. The van der Waals surface area contributed by atoms with Gasteiger partial charge < -0.3 is 0 Å². The van der Waals surface area contributed by atoms with E-state index in [0.717, 1.165) is 21.1 Å². The maximum atomic E-state index is 2.33. The zero-order valence-corrected chi connectivity index (χ0v) is 9.55. The fourth-order valence-corrected chi connectivity index (χ4v) is 2.65. The Balaban J connectivity index is 2.80. The molecule has 0 aliphatic rings. The maximum Gasteiger partial charge on any atom is 0.200 e. The van der Waals surface area contributed by atoms with Crippen LogP contribution < -0.4 is 0 Å². The van der Waals surface area contributed by atoms with Crippen LogP contribution in [0, 0.1) is 5.92 Å². The van der Waals surface area contributed by atoms with Crippen molar-refractivity contribution in [1.29, 1.82) is 0 Å². The second-order valence-electron chi connectivity index (χ2n) is 3.77. The van der Waals surface area contributed by atoms with Crippen LogP contribution in [0.1, 0.15) is 46.5 Å². The van der Waals surface area contributed by atoms with E-state index >= 15 is 0 Å². The molecule has 1 radical (unpaired) electrons. The van der Waals surface area contributed by atoms with Gasteiger partial charge >= 0.3 is 0 Å². The van der Waals surface area contributed by atoms with Gasteiger partial charge in [0.1, 0.15) is 0 Å². The molecule has 0 aromatic heterocycles. The van der Waals surface area contributed by atoms with Gasteiger partial charge in [0.15, 0.2) is 15.2 Å². The van der Waals surface area contributed by atoms with Crippen molar-refractivity contribution in [2.75, 3.05) is 0 Å². The van der Waals surface area contributed by atoms with Gasteiger partial charge in [-0.1, -0.05) is 52.4 Å². The van der Waals surface area contributed by atoms with Crippen molar-refractivity contribution in [1.82, 2.24) is 0 Å². The molecule has 0 atom stereocenters. The van der Waals surface area contributed by atoms with Crippen LogP contribution >= 0.6 is 0 Å². The molecule has 1 heteroatoms. The summed E-state index contributed by atoms with van der Waals surface area (Å²) in [4.78, 5) is 0. The molecule has 0 nitrogen and oxygen atoms in total. The number of unbranched alkanes of at least 4 members (excludes halogenated alkanes) is 3. The summed E-state index contributed by atoms with van der Waals surface area (Å²) in [5, 5.41) is 3.05. The van der Waals surface area contributed by atoms with E-state index < -0.39 is 0 Å². The Hall–Kier alpha value is 0.532. The summed E-state index contributed by atoms with van der Waals surface area (Å²) >= 11 is 0.780. The topological polar surface area (TPSA) is 0 Å². The third-order valence-electron chi connectivity index (χ3n) is 1.90. The zero-order valence-electron chi connectivity index (χ0n) is 8.40. The number of rotatable bonds is 7. The fraction of sp³-hybridized carbons (Fsp3) is 1.00. The molecule has 0 rings (SSSR count). The molecule has 0 aromatic rings. The average molecular weight is 169 g/mol. The molecule has 0 amide bonds. The van der Waals surface area contributed by atoms with Crippen LogP contribution in [0.2, 0.25) is 10.6 Å². The Labute approximate surface area is 78.5 Å². The third-order valence-corrected chi connectivity index (χ3v) is 3.99. The first-order valence-corrected chi connectivity index (χ1v) is 6.72. The molecule has 0 spiro atoms. The molecular weight excluding hydrogens is 147 g/mol. The van der Waals surface area contributed by atoms with Crippen molar-refractivity contribution in [2.24, 2.45) is 5.92 Å².